The molecular formula is C20H26F3N5O3. The number of anilines is 1. The summed E-state index contributed by atoms with van der Waals surface area (Å²) in [7, 11) is 0. The number of fused-ring (bicyclic) bond motifs is 2. The van der Waals surface area contributed by atoms with Crippen LogP contribution in [0.5, 0.6) is 0 Å². The molecule has 0 aliphatic carbocycles. The third-order valence-corrected chi connectivity index (χ3v) is 6.26. The Labute approximate surface area is 178 Å². The summed E-state index contributed by atoms with van der Waals surface area (Å²) in [6.45, 7) is 2.59. The zero-order valence-electron chi connectivity index (χ0n) is 17.3. The molecule has 11 heteroatoms. The van der Waals surface area contributed by atoms with Crippen LogP contribution in [-0.2, 0) is 15.7 Å². The van der Waals surface area contributed by atoms with Gasteiger partial charge in [-0.3, -0.25) is 9.59 Å². The lowest BCUT2D eigenvalue weighted by molar-refractivity contribution is -0.142. The SMILES string of the molecule is CC(=O)N1[C@@H]2CCC[C@H]1C[C@H](Nc1ncc(C(=O)N3CCOCC3)c(C(F)(F)F)n1)C2. The number of rotatable bonds is 3. The molecule has 1 aromatic rings. The zero-order chi connectivity index (χ0) is 22.2. The number of nitrogens with zero attached hydrogens (tertiary/aromatic N) is 4. The molecule has 3 saturated heterocycles. The van der Waals surface area contributed by atoms with Crippen molar-refractivity contribution >= 4 is 17.8 Å². The first kappa shape index (κ1) is 21.8. The molecule has 2 amide bonds. The first-order chi connectivity index (χ1) is 14.7. The van der Waals surface area contributed by atoms with E-state index in [9.17, 15) is 22.8 Å². The van der Waals surface area contributed by atoms with Crippen LogP contribution in [0.15, 0.2) is 6.20 Å². The number of alkyl halides is 3. The highest BCUT2D eigenvalue weighted by molar-refractivity contribution is 5.95. The molecule has 4 heterocycles. The number of amides is 2. The van der Waals surface area contributed by atoms with E-state index >= 15 is 0 Å². The Morgan fingerprint density at radius 2 is 1.81 bits per heavy atom. The van der Waals surface area contributed by atoms with Gasteiger partial charge < -0.3 is 19.9 Å². The van der Waals surface area contributed by atoms with E-state index in [0.29, 0.717) is 12.8 Å². The molecule has 0 spiro atoms. The predicted molar refractivity (Wildman–Crippen MR) is 104 cm³/mol. The van der Waals surface area contributed by atoms with Crippen molar-refractivity contribution in [2.24, 2.45) is 0 Å². The van der Waals surface area contributed by atoms with Gasteiger partial charge in [-0.2, -0.15) is 13.2 Å². The van der Waals surface area contributed by atoms with E-state index in [2.05, 4.69) is 15.3 Å². The number of morpholine rings is 1. The number of aromatic nitrogens is 2. The summed E-state index contributed by atoms with van der Waals surface area (Å²) < 4.78 is 46.3. The number of piperidine rings is 2. The van der Waals surface area contributed by atoms with Crippen LogP contribution in [0, 0.1) is 0 Å². The van der Waals surface area contributed by atoms with Crippen LogP contribution in [0.4, 0.5) is 19.1 Å². The highest BCUT2D eigenvalue weighted by Crippen LogP contribution is 2.36. The van der Waals surface area contributed by atoms with Crippen LogP contribution in [-0.4, -0.2) is 76.0 Å². The van der Waals surface area contributed by atoms with Crippen molar-refractivity contribution in [3.63, 3.8) is 0 Å². The highest BCUT2D eigenvalue weighted by atomic mass is 19.4. The van der Waals surface area contributed by atoms with Gasteiger partial charge in [0.1, 0.15) is 0 Å². The van der Waals surface area contributed by atoms with Gasteiger partial charge in [-0.15, -0.1) is 0 Å². The minimum absolute atomic E-state index is 0.0368. The first-order valence-corrected chi connectivity index (χ1v) is 10.6. The van der Waals surface area contributed by atoms with Gasteiger partial charge in [0.25, 0.3) is 5.91 Å². The molecule has 0 radical (unpaired) electrons. The second-order valence-corrected chi connectivity index (χ2v) is 8.34. The average Bonchev–Trinajstić information content (AvgIpc) is 2.72. The molecule has 0 aromatic carbocycles. The monoisotopic (exact) mass is 441 g/mol. The van der Waals surface area contributed by atoms with E-state index in [1.165, 1.54) is 4.90 Å². The lowest BCUT2D eigenvalue weighted by Gasteiger charge is -2.48. The number of nitrogens with one attached hydrogen (secondary N) is 1. The molecule has 1 aromatic heterocycles. The topological polar surface area (TPSA) is 87.7 Å². The van der Waals surface area contributed by atoms with Gasteiger partial charge in [0.2, 0.25) is 11.9 Å². The Morgan fingerprint density at radius 3 is 2.39 bits per heavy atom. The van der Waals surface area contributed by atoms with E-state index in [4.69, 9.17) is 4.74 Å². The van der Waals surface area contributed by atoms with Gasteiger partial charge in [-0.25, -0.2) is 9.97 Å². The molecular weight excluding hydrogens is 415 g/mol. The first-order valence-electron chi connectivity index (χ1n) is 10.6. The Hall–Kier alpha value is -2.43. The fourth-order valence-corrected chi connectivity index (χ4v) is 4.96. The van der Waals surface area contributed by atoms with Crippen molar-refractivity contribution in [1.82, 2.24) is 19.8 Å². The van der Waals surface area contributed by atoms with Crippen molar-refractivity contribution in [2.75, 3.05) is 31.6 Å². The number of hydrogen-bond donors (Lipinski definition) is 1. The predicted octanol–water partition coefficient (Wildman–Crippen LogP) is 2.31. The van der Waals surface area contributed by atoms with Crippen molar-refractivity contribution in [3.05, 3.63) is 17.5 Å². The van der Waals surface area contributed by atoms with E-state index in [1.54, 1.807) is 6.92 Å². The Balaban J connectivity index is 1.53. The van der Waals surface area contributed by atoms with Crippen LogP contribution in [0.3, 0.4) is 0 Å². The van der Waals surface area contributed by atoms with E-state index in [1.807, 2.05) is 4.90 Å². The summed E-state index contributed by atoms with van der Waals surface area (Å²) in [5, 5.41) is 3.02. The molecule has 2 bridgehead atoms. The molecule has 1 N–H and O–H groups in total. The van der Waals surface area contributed by atoms with Crippen LogP contribution in [0.25, 0.3) is 0 Å². The zero-order valence-corrected chi connectivity index (χ0v) is 17.3. The fourth-order valence-electron chi connectivity index (χ4n) is 4.96. The van der Waals surface area contributed by atoms with Crippen molar-refractivity contribution in [3.8, 4) is 0 Å². The summed E-state index contributed by atoms with van der Waals surface area (Å²) >= 11 is 0. The molecule has 0 saturated carbocycles. The van der Waals surface area contributed by atoms with Gasteiger partial charge in [-0.05, 0) is 32.1 Å². The summed E-state index contributed by atoms with van der Waals surface area (Å²) in [4.78, 5) is 35.6. The maximum absolute atomic E-state index is 13.7. The summed E-state index contributed by atoms with van der Waals surface area (Å²) in [5.74, 6) is -0.855. The van der Waals surface area contributed by atoms with Crippen LogP contribution >= 0.6 is 0 Å². The molecule has 3 atom stereocenters. The maximum Gasteiger partial charge on any atom is 0.434 e. The van der Waals surface area contributed by atoms with E-state index < -0.39 is 23.3 Å². The lowest BCUT2D eigenvalue weighted by Crippen LogP contribution is -2.56. The molecule has 0 unspecified atom stereocenters. The standard InChI is InChI=1S/C20H26F3N5O3/c1-12(29)28-14-3-2-4-15(28)10-13(9-14)25-19-24-11-16(17(26-19)20(21,22)23)18(30)27-5-7-31-8-6-27/h11,13-15H,2-10H2,1H3,(H,24,25,26)/t13-,14-,15+. The fraction of sp³-hybridized carbons (Fsp3) is 0.700. The number of halogens is 3. The van der Waals surface area contributed by atoms with Crippen LogP contribution in [0.1, 0.15) is 55.1 Å². The molecule has 3 aliphatic heterocycles. The summed E-state index contributed by atoms with van der Waals surface area (Å²) in [5.41, 5.74) is -1.79. The third kappa shape index (κ3) is 4.60. The highest BCUT2D eigenvalue weighted by Gasteiger charge is 2.41. The second-order valence-electron chi connectivity index (χ2n) is 8.34. The summed E-state index contributed by atoms with van der Waals surface area (Å²) in [6.07, 6.45) is 0.252. The van der Waals surface area contributed by atoms with Gasteiger partial charge in [0.05, 0.1) is 18.8 Å². The van der Waals surface area contributed by atoms with Crippen molar-refractivity contribution in [1.29, 1.82) is 0 Å². The Bertz CT molecular complexity index is 830. The Kier molecular flexibility index (Phi) is 6.05. The van der Waals surface area contributed by atoms with Crippen molar-refractivity contribution < 1.29 is 27.5 Å². The van der Waals surface area contributed by atoms with Crippen LogP contribution in [0.2, 0.25) is 0 Å². The quantitative estimate of drug-likeness (QED) is 0.775. The molecule has 31 heavy (non-hydrogen) atoms. The number of carbonyl (C=O) groups is 2. The largest absolute Gasteiger partial charge is 0.434 e. The molecule has 3 fully saturated rings. The lowest BCUT2D eigenvalue weighted by atomic mass is 9.81. The summed E-state index contributed by atoms with van der Waals surface area (Å²) in [6, 6.07) is 0.0197. The smallest absolute Gasteiger partial charge is 0.378 e. The third-order valence-electron chi connectivity index (χ3n) is 6.26. The van der Waals surface area contributed by atoms with E-state index in [-0.39, 0.29) is 56.3 Å². The number of ether oxygens (including phenoxy) is 1. The van der Waals surface area contributed by atoms with Crippen molar-refractivity contribution in [2.45, 2.75) is 63.3 Å². The van der Waals surface area contributed by atoms with Gasteiger partial charge in [0.15, 0.2) is 5.69 Å². The van der Waals surface area contributed by atoms with Gasteiger partial charge >= 0.3 is 6.18 Å². The molecule has 4 rings (SSSR count). The number of carbonyl (C=O) groups excluding carboxylic acids is 2. The minimum atomic E-state index is -4.79. The van der Waals surface area contributed by atoms with Gasteiger partial charge in [0, 0.05) is 44.3 Å². The average molecular weight is 441 g/mol. The van der Waals surface area contributed by atoms with Crippen LogP contribution < -0.4 is 5.32 Å². The van der Waals surface area contributed by atoms with E-state index in [0.717, 1.165) is 25.5 Å². The second kappa shape index (κ2) is 8.60. The normalized spacial score (nSPS) is 26.5. The van der Waals surface area contributed by atoms with Gasteiger partial charge in [-0.1, -0.05) is 0 Å². The Morgan fingerprint density at radius 1 is 1.16 bits per heavy atom. The minimum Gasteiger partial charge on any atom is -0.378 e. The maximum atomic E-state index is 13.7. The molecule has 170 valence electrons. The number of hydrogen-bond acceptors (Lipinski definition) is 6. The molecule has 3 aliphatic rings. The molecule has 8 nitrogen and oxygen atoms in total.